The number of nitrogens with zero attached hydrogens (tertiary/aromatic N) is 3. The van der Waals surface area contributed by atoms with Gasteiger partial charge in [0.2, 0.25) is 0 Å². The predicted octanol–water partition coefficient (Wildman–Crippen LogP) is 0.901. The summed E-state index contributed by atoms with van der Waals surface area (Å²) in [6.45, 7) is 0.408. The van der Waals surface area contributed by atoms with Crippen molar-refractivity contribution in [1.82, 2.24) is 14.1 Å². The van der Waals surface area contributed by atoms with E-state index in [9.17, 15) is 17.2 Å². The van der Waals surface area contributed by atoms with Crippen molar-refractivity contribution >= 4 is 16.0 Å². The topological polar surface area (TPSA) is 67.2 Å². The Hall–Kier alpha value is -1.22. The summed E-state index contributed by atoms with van der Waals surface area (Å²) >= 11 is 0. The Morgan fingerprint density at radius 1 is 1.39 bits per heavy atom. The summed E-state index contributed by atoms with van der Waals surface area (Å²) in [6.07, 6.45) is 0.461. The van der Waals surface area contributed by atoms with Crippen LogP contribution in [-0.4, -0.2) is 42.0 Å². The molecule has 2 rings (SSSR count). The van der Waals surface area contributed by atoms with Crippen molar-refractivity contribution in [2.24, 2.45) is 0 Å². The first kappa shape index (κ1) is 13.2. The molecule has 0 aliphatic carbocycles. The minimum Gasteiger partial charge on any atom is -0.265 e. The molecule has 0 bridgehead atoms. The van der Waals surface area contributed by atoms with Crippen LogP contribution in [0.5, 0.6) is 0 Å². The van der Waals surface area contributed by atoms with E-state index in [0.29, 0.717) is 13.1 Å². The molecule has 2 heterocycles. The molecule has 0 saturated carbocycles. The zero-order valence-corrected chi connectivity index (χ0v) is 10.4. The highest BCUT2D eigenvalue weighted by atomic mass is 32.2. The third-order valence-electron chi connectivity index (χ3n) is 2.60. The highest BCUT2D eigenvalue weighted by molar-refractivity contribution is 7.90. The number of anilines is 1. The Bertz CT molecular complexity index is 496. The molecule has 18 heavy (non-hydrogen) atoms. The van der Waals surface area contributed by atoms with Crippen LogP contribution in [0.1, 0.15) is 12.8 Å². The van der Waals surface area contributed by atoms with Crippen molar-refractivity contribution in [2.75, 3.05) is 17.8 Å². The minimum atomic E-state index is -3.61. The van der Waals surface area contributed by atoms with Crippen LogP contribution in [0, 0.1) is 0 Å². The normalized spacial score (nSPS) is 17.5. The minimum absolute atomic E-state index is 0.0579. The highest BCUT2D eigenvalue weighted by Gasteiger charge is 2.25. The van der Waals surface area contributed by atoms with Crippen LogP contribution in [0.3, 0.4) is 0 Å². The van der Waals surface area contributed by atoms with Gasteiger partial charge in [-0.2, -0.15) is 17.8 Å². The smallest absolute Gasteiger partial charge is 0.265 e. The molecule has 1 N–H and O–H groups in total. The second kappa shape index (κ2) is 5.19. The molecule has 1 aromatic rings. The molecule has 6 nitrogen and oxygen atoms in total. The third kappa shape index (κ3) is 3.16. The summed E-state index contributed by atoms with van der Waals surface area (Å²) in [5.41, 5.74) is 0. The van der Waals surface area contributed by atoms with Gasteiger partial charge >= 0.3 is 10.2 Å². The molecule has 9 heteroatoms. The van der Waals surface area contributed by atoms with Crippen LogP contribution in [0.15, 0.2) is 12.3 Å². The maximum Gasteiger partial charge on any atom is 0.302 e. The lowest BCUT2D eigenvalue weighted by atomic mass is 10.4. The third-order valence-corrected chi connectivity index (χ3v) is 4.12. The summed E-state index contributed by atoms with van der Waals surface area (Å²) in [6, 6.07) is 1.36. The van der Waals surface area contributed by atoms with E-state index < -0.39 is 23.2 Å². The summed E-state index contributed by atoms with van der Waals surface area (Å²) in [5, 5.41) is 3.73. The summed E-state index contributed by atoms with van der Waals surface area (Å²) in [7, 11) is -3.61. The first-order valence-corrected chi connectivity index (χ1v) is 7.01. The van der Waals surface area contributed by atoms with Crippen LogP contribution in [0.25, 0.3) is 0 Å². The number of rotatable bonds is 5. The van der Waals surface area contributed by atoms with E-state index in [-0.39, 0.29) is 5.82 Å². The molecular weight excluding hydrogens is 266 g/mol. The van der Waals surface area contributed by atoms with Gasteiger partial charge in [0.05, 0.1) is 0 Å². The van der Waals surface area contributed by atoms with Crippen LogP contribution in [0.2, 0.25) is 0 Å². The molecule has 102 valence electrons. The van der Waals surface area contributed by atoms with Gasteiger partial charge in [-0.1, -0.05) is 0 Å². The number of hydrogen-bond donors (Lipinski definition) is 1. The maximum atomic E-state index is 12.1. The first-order valence-electron chi connectivity index (χ1n) is 5.57. The summed E-state index contributed by atoms with van der Waals surface area (Å²) < 4.78 is 52.5. The molecule has 0 aromatic carbocycles. The second-order valence-corrected chi connectivity index (χ2v) is 5.70. The van der Waals surface area contributed by atoms with Gasteiger partial charge in [0.25, 0.3) is 6.43 Å². The van der Waals surface area contributed by atoms with Gasteiger partial charge in [-0.25, -0.2) is 8.78 Å². The molecule has 0 unspecified atom stereocenters. The van der Waals surface area contributed by atoms with E-state index in [1.54, 1.807) is 0 Å². The van der Waals surface area contributed by atoms with Crippen molar-refractivity contribution in [2.45, 2.75) is 25.8 Å². The average Bonchev–Trinajstić information content (AvgIpc) is 2.87. The molecule has 0 atom stereocenters. The number of halogens is 2. The fraction of sp³-hybridized carbons (Fsp3) is 0.667. The molecule has 0 radical (unpaired) electrons. The Kier molecular flexibility index (Phi) is 3.81. The average molecular weight is 280 g/mol. The molecule has 0 spiro atoms. The van der Waals surface area contributed by atoms with Crippen LogP contribution < -0.4 is 4.72 Å². The van der Waals surface area contributed by atoms with Gasteiger partial charge in [-0.15, -0.1) is 0 Å². The monoisotopic (exact) mass is 280 g/mol. The second-order valence-electron chi connectivity index (χ2n) is 4.03. The largest absolute Gasteiger partial charge is 0.302 e. The van der Waals surface area contributed by atoms with Gasteiger partial charge in [0.1, 0.15) is 6.54 Å². The van der Waals surface area contributed by atoms with E-state index in [0.717, 1.165) is 17.5 Å². The van der Waals surface area contributed by atoms with Crippen molar-refractivity contribution in [3.63, 3.8) is 0 Å². The van der Waals surface area contributed by atoms with E-state index in [2.05, 4.69) is 9.82 Å². The van der Waals surface area contributed by atoms with Gasteiger partial charge < -0.3 is 0 Å². The van der Waals surface area contributed by atoms with E-state index in [1.807, 2.05) is 0 Å². The number of alkyl halides is 2. The van der Waals surface area contributed by atoms with Crippen LogP contribution >= 0.6 is 0 Å². The Balaban J connectivity index is 2.02. The maximum absolute atomic E-state index is 12.1. The quantitative estimate of drug-likeness (QED) is 0.871. The Labute approximate surface area is 104 Å². The summed E-state index contributed by atoms with van der Waals surface area (Å²) in [4.78, 5) is 0. The lowest BCUT2D eigenvalue weighted by molar-refractivity contribution is 0.122. The molecular formula is C9H14F2N4O2S. The van der Waals surface area contributed by atoms with Gasteiger partial charge in [-0.05, 0) is 12.8 Å². The number of nitrogens with one attached hydrogen (secondary N) is 1. The van der Waals surface area contributed by atoms with Crippen molar-refractivity contribution in [3.05, 3.63) is 12.3 Å². The SMILES string of the molecule is O=S(=O)(Nc1ccn(CC(F)F)n1)N1CCCC1. The fourth-order valence-corrected chi connectivity index (χ4v) is 3.03. The van der Waals surface area contributed by atoms with Gasteiger partial charge in [0.15, 0.2) is 5.82 Å². The molecule has 1 saturated heterocycles. The van der Waals surface area contributed by atoms with Crippen molar-refractivity contribution in [3.8, 4) is 0 Å². The predicted molar refractivity (Wildman–Crippen MR) is 61.6 cm³/mol. The zero-order chi connectivity index (χ0) is 13.2. The first-order chi connectivity index (χ1) is 8.47. The summed E-state index contributed by atoms with van der Waals surface area (Å²) in [5.74, 6) is 0.0579. The Morgan fingerprint density at radius 2 is 2.06 bits per heavy atom. The van der Waals surface area contributed by atoms with Crippen molar-refractivity contribution in [1.29, 1.82) is 0 Å². The molecule has 1 aromatic heterocycles. The highest BCUT2D eigenvalue weighted by Crippen LogP contribution is 2.15. The molecule has 1 fully saturated rings. The molecule has 1 aliphatic heterocycles. The van der Waals surface area contributed by atoms with Crippen LogP contribution in [-0.2, 0) is 16.8 Å². The standard InChI is InChI=1S/C9H14F2N4O2S/c10-8(11)7-14-6-3-9(12-14)13-18(16,17)15-4-1-2-5-15/h3,6,8H,1-2,4-5,7H2,(H,12,13). The van der Waals surface area contributed by atoms with Crippen molar-refractivity contribution < 1.29 is 17.2 Å². The number of aromatic nitrogens is 2. The Morgan fingerprint density at radius 3 is 2.67 bits per heavy atom. The van der Waals surface area contributed by atoms with E-state index >= 15 is 0 Å². The lowest BCUT2D eigenvalue weighted by Crippen LogP contribution is -2.33. The molecule has 1 aliphatic rings. The zero-order valence-electron chi connectivity index (χ0n) is 9.59. The van der Waals surface area contributed by atoms with E-state index in [4.69, 9.17) is 0 Å². The fourth-order valence-electron chi connectivity index (χ4n) is 1.78. The number of hydrogen-bond acceptors (Lipinski definition) is 3. The lowest BCUT2D eigenvalue weighted by Gasteiger charge is -2.15. The van der Waals surface area contributed by atoms with Gasteiger partial charge in [0, 0.05) is 25.4 Å². The molecule has 0 amide bonds. The van der Waals surface area contributed by atoms with Gasteiger partial charge in [-0.3, -0.25) is 9.40 Å². The van der Waals surface area contributed by atoms with Crippen LogP contribution in [0.4, 0.5) is 14.6 Å². The van der Waals surface area contributed by atoms with E-state index in [1.165, 1.54) is 16.6 Å².